The maximum atomic E-state index is 12.5. The Morgan fingerprint density at radius 3 is 2.40 bits per heavy atom. The van der Waals surface area contributed by atoms with Gasteiger partial charge in [0.25, 0.3) is 0 Å². The largest absolute Gasteiger partial charge is 0.376 e. The molecule has 4 heteroatoms. The molecule has 0 aromatic heterocycles. The molecular weight excluding hydrogens is 310 g/mol. The van der Waals surface area contributed by atoms with E-state index in [0.29, 0.717) is 6.54 Å². The lowest BCUT2D eigenvalue weighted by Crippen LogP contribution is -2.50. The van der Waals surface area contributed by atoms with Crippen molar-refractivity contribution in [3.8, 4) is 0 Å². The van der Waals surface area contributed by atoms with Crippen LogP contribution in [0.2, 0.25) is 0 Å². The SMILES string of the molecule is Cc1cccc(N2CCN(C(=O)CNc3cc(C)ccc3C)CC2)c1. The molecule has 2 aromatic carbocycles. The number of aryl methyl sites for hydroxylation is 3. The maximum Gasteiger partial charge on any atom is 0.241 e. The van der Waals surface area contributed by atoms with Crippen molar-refractivity contribution in [1.29, 1.82) is 0 Å². The van der Waals surface area contributed by atoms with E-state index in [-0.39, 0.29) is 5.91 Å². The van der Waals surface area contributed by atoms with E-state index in [2.05, 4.69) is 73.5 Å². The monoisotopic (exact) mass is 337 g/mol. The van der Waals surface area contributed by atoms with Gasteiger partial charge in [0.2, 0.25) is 5.91 Å². The summed E-state index contributed by atoms with van der Waals surface area (Å²) in [5.41, 5.74) is 5.94. The molecule has 1 aliphatic heterocycles. The van der Waals surface area contributed by atoms with Crippen molar-refractivity contribution in [3.63, 3.8) is 0 Å². The van der Waals surface area contributed by atoms with Crippen molar-refractivity contribution in [2.45, 2.75) is 20.8 Å². The van der Waals surface area contributed by atoms with Crippen LogP contribution >= 0.6 is 0 Å². The minimum atomic E-state index is 0.171. The maximum absolute atomic E-state index is 12.5. The summed E-state index contributed by atoms with van der Waals surface area (Å²) in [4.78, 5) is 16.8. The van der Waals surface area contributed by atoms with Gasteiger partial charge < -0.3 is 15.1 Å². The molecule has 1 heterocycles. The number of hydrogen-bond acceptors (Lipinski definition) is 3. The number of rotatable bonds is 4. The Morgan fingerprint density at radius 2 is 1.68 bits per heavy atom. The van der Waals surface area contributed by atoms with Crippen LogP contribution < -0.4 is 10.2 Å². The quantitative estimate of drug-likeness (QED) is 0.929. The van der Waals surface area contributed by atoms with E-state index < -0.39 is 0 Å². The second kappa shape index (κ2) is 7.60. The molecule has 0 aliphatic carbocycles. The number of amides is 1. The molecule has 1 amide bonds. The van der Waals surface area contributed by atoms with Gasteiger partial charge in [-0.1, -0.05) is 24.3 Å². The van der Waals surface area contributed by atoms with E-state index in [1.165, 1.54) is 22.4 Å². The topological polar surface area (TPSA) is 35.6 Å². The first kappa shape index (κ1) is 17.3. The molecule has 0 saturated carbocycles. The Kier molecular flexibility index (Phi) is 5.27. The Hall–Kier alpha value is -2.49. The van der Waals surface area contributed by atoms with Gasteiger partial charge in [0.05, 0.1) is 6.54 Å². The zero-order chi connectivity index (χ0) is 17.8. The zero-order valence-corrected chi connectivity index (χ0v) is 15.4. The average Bonchev–Trinajstić information content (AvgIpc) is 2.62. The lowest BCUT2D eigenvalue weighted by molar-refractivity contribution is -0.129. The third kappa shape index (κ3) is 4.32. The van der Waals surface area contributed by atoms with Crippen molar-refractivity contribution >= 4 is 17.3 Å². The van der Waals surface area contributed by atoms with Crippen LogP contribution in [0.3, 0.4) is 0 Å². The average molecular weight is 337 g/mol. The third-order valence-electron chi connectivity index (χ3n) is 4.82. The van der Waals surface area contributed by atoms with Crippen LogP contribution in [0.1, 0.15) is 16.7 Å². The lowest BCUT2D eigenvalue weighted by Gasteiger charge is -2.36. The van der Waals surface area contributed by atoms with Crippen molar-refractivity contribution in [3.05, 3.63) is 59.2 Å². The molecule has 132 valence electrons. The summed E-state index contributed by atoms with van der Waals surface area (Å²) >= 11 is 0. The summed E-state index contributed by atoms with van der Waals surface area (Å²) in [5.74, 6) is 0.171. The van der Waals surface area contributed by atoms with Crippen LogP contribution in [0.5, 0.6) is 0 Å². The fraction of sp³-hybridized carbons (Fsp3) is 0.381. The van der Waals surface area contributed by atoms with Gasteiger partial charge in [0.15, 0.2) is 0 Å². The zero-order valence-electron chi connectivity index (χ0n) is 15.4. The molecule has 0 unspecified atom stereocenters. The number of benzene rings is 2. The van der Waals surface area contributed by atoms with Gasteiger partial charge in [-0.25, -0.2) is 0 Å². The molecule has 0 spiro atoms. The fourth-order valence-corrected chi connectivity index (χ4v) is 3.25. The first-order valence-corrected chi connectivity index (χ1v) is 8.93. The molecule has 0 bridgehead atoms. The van der Waals surface area contributed by atoms with Crippen molar-refractivity contribution in [2.75, 3.05) is 42.9 Å². The van der Waals surface area contributed by atoms with Gasteiger partial charge in [0, 0.05) is 37.6 Å². The van der Waals surface area contributed by atoms with E-state index in [0.717, 1.165) is 31.9 Å². The minimum Gasteiger partial charge on any atom is -0.376 e. The summed E-state index contributed by atoms with van der Waals surface area (Å²) in [6.45, 7) is 9.93. The summed E-state index contributed by atoms with van der Waals surface area (Å²) in [6, 6.07) is 14.8. The fourth-order valence-electron chi connectivity index (χ4n) is 3.25. The number of nitrogens with one attached hydrogen (secondary N) is 1. The van der Waals surface area contributed by atoms with Crippen LogP contribution in [0.25, 0.3) is 0 Å². The van der Waals surface area contributed by atoms with Crippen LogP contribution in [-0.2, 0) is 4.79 Å². The highest BCUT2D eigenvalue weighted by Gasteiger charge is 2.21. The van der Waals surface area contributed by atoms with Crippen molar-refractivity contribution in [2.24, 2.45) is 0 Å². The summed E-state index contributed by atoms with van der Waals surface area (Å²) in [7, 11) is 0. The predicted molar refractivity (Wildman–Crippen MR) is 104 cm³/mol. The highest BCUT2D eigenvalue weighted by Crippen LogP contribution is 2.19. The summed E-state index contributed by atoms with van der Waals surface area (Å²) < 4.78 is 0. The predicted octanol–water partition coefficient (Wildman–Crippen LogP) is 3.37. The third-order valence-corrected chi connectivity index (χ3v) is 4.82. The molecule has 4 nitrogen and oxygen atoms in total. The molecule has 1 fully saturated rings. The van der Waals surface area contributed by atoms with Gasteiger partial charge in [-0.05, 0) is 55.7 Å². The van der Waals surface area contributed by atoms with Crippen LogP contribution in [0.15, 0.2) is 42.5 Å². The Bertz CT molecular complexity index is 749. The molecule has 0 radical (unpaired) electrons. The number of carbonyl (C=O) groups excluding carboxylic acids is 1. The van der Waals surface area contributed by atoms with Crippen LogP contribution in [0, 0.1) is 20.8 Å². The van der Waals surface area contributed by atoms with Gasteiger partial charge >= 0.3 is 0 Å². The standard InChI is InChI=1S/C21H27N3O/c1-16-5-4-6-19(13-16)23-9-11-24(12-10-23)21(25)15-22-20-14-17(2)7-8-18(20)3/h4-8,13-14,22H,9-12,15H2,1-3H3. The minimum absolute atomic E-state index is 0.171. The summed E-state index contributed by atoms with van der Waals surface area (Å²) in [6.07, 6.45) is 0. The Balaban J connectivity index is 1.52. The molecule has 1 saturated heterocycles. The van der Waals surface area contributed by atoms with E-state index in [1.54, 1.807) is 0 Å². The second-order valence-electron chi connectivity index (χ2n) is 6.88. The van der Waals surface area contributed by atoms with Crippen molar-refractivity contribution in [1.82, 2.24) is 4.90 Å². The Labute approximate surface area is 150 Å². The van der Waals surface area contributed by atoms with Crippen LogP contribution in [-0.4, -0.2) is 43.5 Å². The number of carbonyl (C=O) groups is 1. The number of nitrogens with zero attached hydrogens (tertiary/aromatic N) is 2. The molecular formula is C21H27N3O. The number of piperazine rings is 1. The first-order chi connectivity index (χ1) is 12.0. The molecule has 25 heavy (non-hydrogen) atoms. The van der Waals surface area contributed by atoms with Gasteiger partial charge in [-0.2, -0.15) is 0 Å². The summed E-state index contributed by atoms with van der Waals surface area (Å²) in [5, 5.41) is 3.30. The number of hydrogen-bond donors (Lipinski definition) is 1. The molecule has 3 rings (SSSR count). The lowest BCUT2D eigenvalue weighted by atomic mass is 10.1. The first-order valence-electron chi connectivity index (χ1n) is 8.93. The van der Waals surface area contributed by atoms with Crippen molar-refractivity contribution < 1.29 is 4.79 Å². The Morgan fingerprint density at radius 1 is 0.960 bits per heavy atom. The van der Waals surface area contributed by atoms with E-state index in [4.69, 9.17) is 0 Å². The molecule has 0 atom stereocenters. The normalized spacial score (nSPS) is 14.5. The highest BCUT2D eigenvalue weighted by molar-refractivity contribution is 5.81. The van der Waals surface area contributed by atoms with E-state index >= 15 is 0 Å². The highest BCUT2D eigenvalue weighted by atomic mass is 16.2. The molecule has 1 N–H and O–H groups in total. The number of anilines is 2. The smallest absolute Gasteiger partial charge is 0.241 e. The molecule has 1 aliphatic rings. The van der Waals surface area contributed by atoms with Gasteiger partial charge in [0.1, 0.15) is 0 Å². The second-order valence-corrected chi connectivity index (χ2v) is 6.88. The van der Waals surface area contributed by atoms with Crippen LogP contribution in [0.4, 0.5) is 11.4 Å². The van der Waals surface area contributed by atoms with E-state index in [9.17, 15) is 4.79 Å². The van der Waals surface area contributed by atoms with Gasteiger partial charge in [-0.3, -0.25) is 4.79 Å². The molecule has 2 aromatic rings. The van der Waals surface area contributed by atoms with E-state index in [1.807, 2.05) is 4.90 Å². The van der Waals surface area contributed by atoms with Gasteiger partial charge in [-0.15, -0.1) is 0 Å².